The van der Waals surface area contributed by atoms with Crippen molar-refractivity contribution >= 4 is 33.4 Å². The van der Waals surface area contributed by atoms with E-state index in [-0.39, 0.29) is 52.5 Å². The van der Waals surface area contributed by atoms with Gasteiger partial charge in [0.2, 0.25) is 11.5 Å². The van der Waals surface area contributed by atoms with Crippen LogP contribution in [0.2, 0.25) is 0 Å². The van der Waals surface area contributed by atoms with Gasteiger partial charge in [-0.2, -0.15) is 0 Å². The highest BCUT2D eigenvalue weighted by Crippen LogP contribution is 2.57. The van der Waals surface area contributed by atoms with Crippen LogP contribution in [0.4, 0.5) is 0 Å². The molecule has 0 aliphatic carbocycles. The van der Waals surface area contributed by atoms with Crippen LogP contribution in [0, 0.1) is 0 Å². The zero-order chi connectivity index (χ0) is 31.1. The molecule has 0 fully saturated rings. The van der Waals surface area contributed by atoms with Crippen LogP contribution in [-0.2, 0) is 11.4 Å². The van der Waals surface area contributed by atoms with E-state index in [0.717, 1.165) is 32.1 Å². The maximum absolute atomic E-state index is 12.3. The lowest BCUT2D eigenvalue weighted by Crippen LogP contribution is -2.38. The molecule has 0 saturated heterocycles. The van der Waals surface area contributed by atoms with Gasteiger partial charge in [0.1, 0.15) is 24.1 Å². The van der Waals surface area contributed by atoms with Crippen molar-refractivity contribution in [3.05, 3.63) is 59.7 Å². The van der Waals surface area contributed by atoms with E-state index in [0.29, 0.717) is 22.8 Å². The molecule has 4 aromatic carbocycles. The number of rotatable bonds is 14. The molecule has 0 aliphatic heterocycles. The summed E-state index contributed by atoms with van der Waals surface area (Å²) in [5, 5.41) is 56.7. The summed E-state index contributed by atoms with van der Waals surface area (Å²) in [4.78, 5) is 23.3. The second-order valence-electron chi connectivity index (χ2n) is 10.5. The normalized spacial score (nSPS) is 11.9. The van der Waals surface area contributed by atoms with Gasteiger partial charge in [0.15, 0.2) is 11.5 Å². The largest absolute Gasteiger partial charge is 0.506 e. The Morgan fingerprint density at radius 2 is 1.28 bits per heavy atom. The molecule has 0 radical (unpaired) electrons. The predicted octanol–water partition coefficient (Wildman–Crippen LogP) is 6.34. The molecule has 4 rings (SSSR count). The molecule has 0 heterocycles. The van der Waals surface area contributed by atoms with Gasteiger partial charge in [0, 0.05) is 16.3 Å². The van der Waals surface area contributed by atoms with Crippen molar-refractivity contribution in [2.45, 2.75) is 65.0 Å². The van der Waals surface area contributed by atoms with Crippen LogP contribution >= 0.6 is 0 Å². The number of hydrogen-bond donors (Lipinski definition) is 6. The molecule has 1 atom stereocenters. The molecule has 4 aromatic rings. The standard InChI is InChI=1S/C33H37NO9/c1-3-4-5-6-7-10-17-42-30-24-25(27(36)23-12-9-8-11-22(23)26(24)35)31(29(38)28(30)37)43-18-20-13-15-21(16-14-20)32(39)34-19(2)33(40)41/h8-9,11-16,19,35-38H,3-7,10,17-18H2,1-2H3,(H,34,39)(H,40,41)/t19-/m0/s1. The Bertz CT molecular complexity index is 1620. The molecule has 10 nitrogen and oxygen atoms in total. The Balaban J connectivity index is 1.65. The number of phenolic OH excluding ortho intramolecular Hbond substituents is 4. The molecule has 0 aliphatic rings. The Morgan fingerprint density at radius 3 is 1.84 bits per heavy atom. The Morgan fingerprint density at radius 1 is 0.744 bits per heavy atom. The summed E-state index contributed by atoms with van der Waals surface area (Å²) in [6.45, 7) is 3.59. The minimum absolute atomic E-state index is 0.00653. The van der Waals surface area contributed by atoms with Gasteiger partial charge in [-0.1, -0.05) is 75.4 Å². The smallest absolute Gasteiger partial charge is 0.325 e. The fourth-order valence-corrected chi connectivity index (χ4v) is 4.88. The summed E-state index contributed by atoms with van der Waals surface area (Å²) in [6.07, 6.45) is 6.09. The molecular weight excluding hydrogens is 554 g/mol. The van der Waals surface area contributed by atoms with E-state index in [2.05, 4.69) is 12.2 Å². The van der Waals surface area contributed by atoms with Crippen molar-refractivity contribution in [3.63, 3.8) is 0 Å². The van der Waals surface area contributed by atoms with E-state index in [4.69, 9.17) is 14.6 Å². The van der Waals surface area contributed by atoms with Gasteiger partial charge in [-0.15, -0.1) is 0 Å². The molecule has 43 heavy (non-hydrogen) atoms. The number of hydrogen-bond acceptors (Lipinski definition) is 8. The third-order valence-electron chi connectivity index (χ3n) is 7.33. The predicted molar refractivity (Wildman–Crippen MR) is 162 cm³/mol. The minimum atomic E-state index is -1.16. The number of carboxylic acid groups (broad SMARTS) is 1. The number of benzene rings is 4. The number of aromatic hydroxyl groups is 4. The number of ether oxygens (including phenoxy) is 2. The number of carbonyl (C=O) groups excluding carboxylic acids is 1. The van der Waals surface area contributed by atoms with Crippen LogP contribution in [0.25, 0.3) is 21.5 Å². The highest BCUT2D eigenvalue weighted by atomic mass is 16.5. The molecule has 0 unspecified atom stereocenters. The molecule has 0 bridgehead atoms. The van der Waals surface area contributed by atoms with Gasteiger partial charge in [-0.25, -0.2) is 0 Å². The zero-order valence-electron chi connectivity index (χ0n) is 24.2. The first kappa shape index (κ1) is 31.1. The molecule has 0 aromatic heterocycles. The van der Waals surface area contributed by atoms with E-state index in [1.165, 1.54) is 19.1 Å². The average molecular weight is 592 g/mol. The quantitative estimate of drug-likeness (QED) is 0.0425. The maximum Gasteiger partial charge on any atom is 0.325 e. The highest BCUT2D eigenvalue weighted by Gasteiger charge is 2.28. The van der Waals surface area contributed by atoms with Crippen LogP contribution in [-0.4, -0.2) is 50.1 Å². The fourth-order valence-electron chi connectivity index (χ4n) is 4.88. The van der Waals surface area contributed by atoms with E-state index in [1.807, 2.05) is 0 Å². The molecule has 228 valence electrons. The molecule has 6 N–H and O–H groups in total. The van der Waals surface area contributed by atoms with Crippen LogP contribution < -0.4 is 14.8 Å². The number of amides is 1. The number of carbonyl (C=O) groups is 2. The maximum atomic E-state index is 12.3. The Labute approximate surface area is 249 Å². The number of carboxylic acids is 1. The van der Waals surface area contributed by atoms with Gasteiger partial charge in [-0.3, -0.25) is 9.59 Å². The second kappa shape index (κ2) is 13.9. The first-order chi connectivity index (χ1) is 20.6. The molecule has 1 amide bonds. The van der Waals surface area contributed by atoms with Crippen molar-refractivity contribution in [2.24, 2.45) is 0 Å². The van der Waals surface area contributed by atoms with E-state index in [9.17, 15) is 30.0 Å². The van der Waals surface area contributed by atoms with Crippen LogP contribution in [0.5, 0.6) is 34.5 Å². The Kier molecular flexibility index (Phi) is 10.0. The summed E-state index contributed by atoms with van der Waals surface area (Å²) < 4.78 is 11.8. The molecular formula is C33H37NO9. The number of nitrogens with one attached hydrogen (secondary N) is 1. The lowest BCUT2D eigenvalue weighted by atomic mass is 9.98. The number of unbranched alkanes of at least 4 members (excludes halogenated alkanes) is 5. The van der Waals surface area contributed by atoms with Crippen LogP contribution in [0.3, 0.4) is 0 Å². The lowest BCUT2D eigenvalue weighted by molar-refractivity contribution is -0.138. The van der Waals surface area contributed by atoms with Crippen LogP contribution in [0.15, 0.2) is 48.5 Å². The third-order valence-corrected chi connectivity index (χ3v) is 7.33. The summed E-state index contributed by atoms with van der Waals surface area (Å²) >= 11 is 0. The summed E-state index contributed by atoms with van der Waals surface area (Å²) in [7, 11) is 0. The average Bonchev–Trinajstić information content (AvgIpc) is 3.00. The van der Waals surface area contributed by atoms with Crippen molar-refractivity contribution in [1.82, 2.24) is 5.32 Å². The van der Waals surface area contributed by atoms with Crippen molar-refractivity contribution in [2.75, 3.05) is 6.61 Å². The van der Waals surface area contributed by atoms with Crippen molar-refractivity contribution in [1.29, 1.82) is 0 Å². The summed E-state index contributed by atoms with van der Waals surface area (Å²) in [6, 6.07) is 11.7. The first-order valence-corrected chi connectivity index (χ1v) is 14.4. The summed E-state index contributed by atoms with van der Waals surface area (Å²) in [5.74, 6) is -3.92. The Hall–Kier alpha value is -4.86. The van der Waals surface area contributed by atoms with E-state index >= 15 is 0 Å². The van der Waals surface area contributed by atoms with Gasteiger partial charge in [0.25, 0.3) is 5.91 Å². The third kappa shape index (κ3) is 6.80. The topological polar surface area (TPSA) is 166 Å². The highest BCUT2D eigenvalue weighted by molar-refractivity contribution is 6.16. The monoisotopic (exact) mass is 591 g/mol. The van der Waals surface area contributed by atoms with Gasteiger partial charge >= 0.3 is 5.97 Å². The lowest BCUT2D eigenvalue weighted by Gasteiger charge is -2.20. The van der Waals surface area contributed by atoms with Crippen LogP contribution in [0.1, 0.15) is 68.3 Å². The first-order valence-electron chi connectivity index (χ1n) is 14.4. The van der Waals surface area contributed by atoms with E-state index in [1.54, 1.807) is 36.4 Å². The molecule has 10 heteroatoms. The van der Waals surface area contributed by atoms with Crippen molar-refractivity contribution < 1.29 is 44.6 Å². The SMILES string of the molecule is CCCCCCCCOc1c(O)c(O)c(OCc2ccc(C(=O)N[C@@H](C)C(=O)O)cc2)c2c(O)c3ccccc3c(O)c12. The number of fused-ring (bicyclic) bond motifs is 2. The van der Waals surface area contributed by atoms with Gasteiger partial charge in [0.05, 0.1) is 17.4 Å². The zero-order valence-corrected chi connectivity index (χ0v) is 24.2. The van der Waals surface area contributed by atoms with Gasteiger partial charge in [-0.05, 0) is 31.0 Å². The minimum Gasteiger partial charge on any atom is -0.506 e. The fraction of sp³-hybridized carbons (Fsp3) is 0.333. The van der Waals surface area contributed by atoms with E-state index < -0.39 is 29.4 Å². The number of phenols is 4. The number of aliphatic carboxylic acids is 1. The molecule has 0 spiro atoms. The summed E-state index contributed by atoms with van der Waals surface area (Å²) in [5.41, 5.74) is 0.812. The van der Waals surface area contributed by atoms with Gasteiger partial charge < -0.3 is 40.3 Å². The molecule has 0 saturated carbocycles. The second-order valence-corrected chi connectivity index (χ2v) is 10.5. The van der Waals surface area contributed by atoms with Crippen molar-refractivity contribution in [3.8, 4) is 34.5 Å².